The lowest BCUT2D eigenvalue weighted by Gasteiger charge is -2.13. The number of hydrogen-bond acceptors (Lipinski definition) is 4. The zero-order valence-electron chi connectivity index (χ0n) is 11.6. The van der Waals surface area contributed by atoms with E-state index in [0.717, 1.165) is 4.90 Å². The Morgan fingerprint density at radius 2 is 1.90 bits per heavy atom. The van der Waals surface area contributed by atoms with E-state index < -0.39 is 11.9 Å². The van der Waals surface area contributed by atoms with E-state index in [1.54, 1.807) is 50.4 Å². The van der Waals surface area contributed by atoms with Crippen molar-refractivity contribution in [3.05, 3.63) is 53.5 Å². The quantitative estimate of drug-likeness (QED) is 0.678. The topological polar surface area (TPSA) is 86.3 Å². The first kappa shape index (κ1) is 14.3. The summed E-state index contributed by atoms with van der Waals surface area (Å²) in [4.78, 5) is 24.7. The molecule has 1 aromatic heterocycles. The molecule has 1 heterocycles. The van der Waals surface area contributed by atoms with E-state index in [1.165, 1.54) is 6.26 Å². The summed E-state index contributed by atoms with van der Waals surface area (Å²) in [7, 11) is 0. The Morgan fingerprint density at radius 1 is 1.24 bits per heavy atom. The summed E-state index contributed by atoms with van der Waals surface area (Å²) in [5.41, 5.74) is 1.32. The first-order valence-corrected chi connectivity index (χ1v) is 6.19. The molecule has 0 aliphatic rings. The van der Waals surface area contributed by atoms with Crippen LogP contribution in [-0.4, -0.2) is 11.9 Å². The molecule has 6 heteroatoms. The van der Waals surface area contributed by atoms with E-state index in [9.17, 15) is 9.59 Å². The maximum absolute atomic E-state index is 12.0. The molecule has 3 amide bonds. The fraction of sp³-hybridized carbons (Fsp3) is 0.133. The van der Waals surface area contributed by atoms with Crippen molar-refractivity contribution in [1.29, 1.82) is 5.26 Å². The van der Waals surface area contributed by atoms with Crippen molar-refractivity contribution < 1.29 is 14.0 Å². The van der Waals surface area contributed by atoms with Gasteiger partial charge in [0, 0.05) is 11.1 Å². The average molecular weight is 283 g/mol. The molecular formula is C15H13N3O3. The molecule has 0 radical (unpaired) electrons. The van der Waals surface area contributed by atoms with Gasteiger partial charge in [-0.25, -0.2) is 4.79 Å². The fourth-order valence-electron chi connectivity index (χ4n) is 1.75. The molecule has 2 rings (SSSR count). The van der Waals surface area contributed by atoms with Gasteiger partial charge in [0.1, 0.15) is 17.7 Å². The molecule has 6 nitrogen and oxygen atoms in total. The van der Waals surface area contributed by atoms with Crippen LogP contribution >= 0.6 is 0 Å². The Balaban J connectivity index is 2.17. The Hall–Kier alpha value is -3.07. The number of nitrogens with zero attached hydrogens (tertiary/aromatic N) is 2. The van der Waals surface area contributed by atoms with Crippen LogP contribution in [0.15, 0.2) is 41.0 Å². The Morgan fingerprint density at radius 3 is 2.43 bits per heavy atom. The summed E-state index contributed by atoms with van der Waals surface area (Å²) in [5, 5.41) is 11.3. The Kier molecular flexibility index (Phi) is 4.05. The van der Waals surface area contributed by atoms with E-state index >= 15 is 0 Å². The number of nitriles is 1. The van der Waals surface area contributed by atoms with E-state index in [0.29, 0.717) is 22.6 Å². The van der Waals surface area contributed by atoms with Crippen LogP contribution in [0.4, 0.5) is 10.5 Å². The molecule has 0 aliphatic carbocycles. The molecule has 2 aromatic rings. The van der Waals surface area contributed by atoms with Crippen molar-refractivity contribution in [2.75, 3.05) is 4.90 Å². The second-order valence-corrected chi connectivity index (χ2v) is 4.36. The van der Waals surface area contributed by atoms with Crippen molar-refractivity contribution in [1.82, 2.24) is 5.32 Å². The number of benzene rings is 1. The van der Waals surface area contributed by atoms with Crippen LogP contribution in [0, 0.1) is 25.3 Å². The molecule has 0 spiro atoms. The van der Waals surface area contributed by atoms with Crippen molar-refractivity contribution in [2.45, 2.75) is 13.8 Å². The molecular weight excluding hydrogens is 270 g/mol. The molecule has 0 aliphatic heterocycles. The molecule has 0 saturated heterocycles. The van der Waals surface area contributed by atoms with E-state index in [4.69, 9.17) is 9.68 Å². The minimum atomic E-state index is -0.824. The number of nitrogens with one attached hydrogen (secondary N) is 1. The number of aryl methyl sites for hydroxylation is 1. The molecule has 106 valence electrons. The lowest BCUT2D eigenvalue weighted by Crippen LogP contribution is -2.40. The lowest BCUT2D eigenvalue weighted by atomic mass is 10.2. The summed E-state index contributed by atoms with van der Waals surface area (Å²) in [5.74, 6) is 0.0335. The number of hydrogen-bond donors (Lipinski definition) is 1. The minimum Gasteiger partial charge on any atom is -0.467 e. The van der Waals surface area contributed by atoms with Gasteiger partial charge in [-0.2, -0.15) is 10.2 Å². The summed E-state index contributed by atoms with van der Waals surface area (Å²) < 4.78 is 5.16. The maximum Gasteiger partial charge on any atom is 0.342 e. The van der Waals surface area contributed by atoms with Gasteiger partial charge in [0.15, 0.2) is 6.19 Å². The highest BCUT2D eigenvalue weighted by Gasteiger charge is 2.22. The molecule has 0 fully saturated rings. The number of anilines is 1. The molecule has 0 atom stereocenters. The second-order valence-electron chi connectivity index (χ2n) is 4.36. The predicted octanol–water partition coefficient (Wildman–Crippen LogP) is 2.73. The van der Waals surface area contributed by atoms with Gasteiger partial charge in [-0.05, 0) is 26.0 Å². The normalized spacial score (nSPS) is 9.76. The minimum absolute atomic E-state index is 0.313. The van der Waals surface area contributed by atoms with E-state index in [-0.39, 0.29) is 0 Å². The summed E-state index contributed by atoms with van der Waals surface area (Å²) in [6, 6.07) is 7.46. The van der Waals surface area contributed by atoms with Crippen LogP contribution in [0.1, 0.15) is 21.7 Å². The number of amides is 3. The van der Waals surface area contributed by atoms with Crippen LogP contribution in [0.5, 0.6) is 0 Å². The fourth-order valence-corrected chi connectivity index (χ4v) is 1.75. The zero-order valence-corrected chi connectivity index (χ0v) is 11.6. The smallest absolute Gasteiger partial charge is 0.342 e. The summed E-state index contributed by atoms with van der Waals surface area (Å²) >= 11 is 0. The van der Waals surface area contributed by atoms with Gasteiger partial charge in [-0.15, -0.1) is 0 Å². The highest BCUT2D eigenvalue weighted by Crippen LogP contribution is 2.24. The van der Waals surface area contributed by atoms with Crippen molar-refractivity contribution in [3.63, 3.8) is 0 Å². The van der Waals surface area contributed by atoms with Gasteiger partial charge in [0.25, 0.3) is 5.91 Å². The molecule has 1 N–H and O–H groups in total. The second kappa shape index (κ2) is 5.92. The predicted molar refractivity (Wildman–Crippen MR) is 75.6 cm³/mol. The van der Waals surface area contributed by atoms with Crippen LogP contribution in [0.25, 0.3) is 0 Å². The Bertz CT molecular complexity index is 714. The number of urea groups is 1. The number of carbonyl (C=O) groups excluding carboxylic acids is 2. The first-order valence-electron chi connectivity index (χ1n) is 6.19. The largest absolute Gasteiger partial charge is 0.467 e. The number of imide groups is 1. The number of furan rings is 1. The van der Waals surface area contributed by atoms with Gasteiger partial charge < -0.3 is 4.42 Å². The maximum atomic E-state index is 12.0. The first-order chi connectivity index (χ1) is 10.0. The van der Waals surface area contributed by atoms with Gasteiger partial charge in [-0.3, -0.25) is 10.1 Å². The third kappa shape index (κ3) is 2.92. The Labute approximate surface area is 121 Å². The third-order valence-electron chi connectivity index (χ3n) is 3.06. The average Bonchev–Trinajstić information content (AvgIpc) is 2.81. The molecule has 0 unspecified atom stereocenters. The van der Waals surface area contributed by atoms with Gasteiger partial charge in [0.05, 0.1) is 0 Å². The molecule has 0 saturated carbocycles. The van der Waals surface area contributed by atoms with Crippen LogP contribution < -0.4 is 10.2 Å². The molecule has 1 aromatic carbocycles. The van der Waals surface area contributed by atoms with Crippen molar-refractivity contribution >= 4 is 17.6 Å². The highest BCUT2D eigenvalue weighted by atomic mass is 16.3. The monoisotopic (exact) mass is 283 g/mol. The van der Waals surface area contributed by atoms with Gasteiger partial charge >= 0.3 is 6.03 Å². The van der Waals surface area contributed by atoms with Gasteiger partial charge in [0.2, 0.25) is 0 Å². The van der Waals surface area contributed by atoms with Crippen LogP contribution in [-0.2, 0) is 0 Å². The van der Waals surface area contributed by atoms with E-state index in [2.05, 4.69) is 5.32 Å². The highest BCUT2D eigenvalue weighted by molar-refractivity contribution is 6.09. The van der Waals surface area contributed by atoms with Gasteiger partial charge in [-0.1, -0.05) is 18.2 Å². The molecule has 0 bridgehead atoms. The zero-order chi connectivity index (χ0) is 15.4. The van der Waals surface area contributed by atoms with Crippen LogP contribution in [0.2, 0.25) is 0 Å². The van der Waals surface area contributed by atoms with Crippen molar-refractivity contribution in [2.24, 2.45) is 0 Å². The third-order valence-corrected chi connectivity index (χ3v) is 3.06. The SMILES string of the molecule is Cc1occ(N(C#N)C(=O)NC(=O)c2ccccc2)c1C. The summed E-state index contributed by atoms with van der Waals surface area (Å²) in [6.07, 6.45) is 3.04. The standard InChI is InChI=1S/C15H13N3O3/c1-10-11(2)21-8-13(10)18(9-16)15(20)17-14(19)12-6-4-3-5-7-12/h3-8H,1-2H3,(H,17,19,20). The molecule has 21 heavy (non-hydrogen) atoms. The van der Waals surface area contributed by atoms with E-state index in [1.807, 2.05) is 0 Å². The van der Waals surface area contributed by atoms with Crippen LogP contribution in [0.3, 0.4) is 0 Å². The number of carbonyl (C=O) groups is 2. The lowest BCUT2D eigenvalue weighted by molar-refractivity contribution is 0.0966. The number of rotatable bonds is 2. The summed E-state index contributed by atoms with van der Waals surface area (Å²) in [6.45, 7) is 3.45. The van der Waals surface area contributed by atoms with Crippen molar-refractivity contribution in [3.8, 4) is 6.19 Å².